The summed E-state index contributed by atoms with van der Waals surface area (Å²) in [5.74, 6) is -0.685. The fraction of sp³-hybridized carbons (Fsp3) is 0.222. The molecular formula is C18H17Cl2NO2. The van der Waals surface area contributed by atoms with Crippen molar-refractivity contribution in [3.63, 3.8) is 0 Å². The minimum atomic E-state index is -0.559. The van der Waals surface area contributed by atoms with Crippen molar-refractivity contribution in [2.24, 2.45) is 0 Å². The molecule has 1 unspecified atom stereocenters. The lowest BCUT2D eigenvalue weighted by Gasteiger charge is -2.23. The summed E-state index contributed by atoms with van der Waals surface area (Å²) in [4.78, 5) is 25.3. The van der Waals surface area contributed by atoms with Crippen molar-refractivity contribution in [2.45, 2.75) is 18.9 Å². The van der Waals surface area contributed by atoms with Crippen molar-refractivity contribution in [2.75, 3.05) is 7.05 Å². The Kier molecular flexibility index (Phi) is 6.20. The Morgan fingerprint density at radius 3 is 2.43 bits per heavy atom. The first-order valence-electron chi connectivity index (χ1n) is 7.20. The summed E-state index contributed by atoms with van der Waals surface area (Å²) in [6.07, 6.45) is 0.858. The molecule has 1 atom stereocenters. The number of likely N-dealkylation sites (N-methyl/N-ethyl adjacent to an activating group) is 1. The average Bonchev–Trinajstić information content (AvgIpc) is 2.55. The zero-order valence-corrected chi connectivity index (χ0v) is 14.2. The average molecular weight is 350 g/mol. The van der Waals surface area contributed by atoms with E-state index in [0.717, 1.165) is 11.8 Å². The van der Waals surface area contributed by atoms with E-state index in [1.54, 1.807) is 30.1 Å². The van der Waals surface area contributed by atoms with Crippen LogP contribution in [0.2, 0.25) is 10.0 Å². The highest BCUT2D eigenvalue weighted by atomic mass is 35.5. The van der Waals surface area contributed by atoms with Gasteiger partial charge in [-0.25, -0.2) is 0 Å². The first kappa shape index (κ1) is 17.5. The number of amides is 1. The van der Waals surface area contributed by atoms with Gasteiger partial charge in [-0.1, -0.05) is 59.6 Å². The maximum absolute atomic E-state index is 12.7. The molecular weight excluding hydrogens is 333 g/mol. The third-order valence-electron chi connectivity index (χ3n) is 3.61. The third kappa shape index (κ3) is 4.57. The molecule has 0 aromatic heterocycles. The molecule has 0 fully saturated rings. The Morgan fingerprint density at radius 2 is 1.83 bits per heavy atom. The van der Waals surface area contributed by atoms with Gasteiger partial charge in [0.25, 0.3) is 0 Å². The molecule has 0 saturated heterocycles. The Morgan fingerprint density at radius 1 is 1.13 bits per heavy atom. The standard InChI is InChI=1S/C18H17Cl2NO2/c1-21(12-13-5-3-2-4-6-13)18(23)15(9-10-22)14-7-8-16(19)17(20)11-14/h2-8,10-11,15H,9,12H2,1H3. The molecule has 0 bridgehead atoms. The van der Waals surface area contributed by atoms with Crippen LogP contribution in [0.3, 0.4) is 0 Å². The number of hydrogen-bond donors (Lipinski definition) is 0. The summed E-state index contributed by atoms with van der Waals surface area (Å²) < 4.78 is 0. The van der Waals surface area contributed by atoms with Gasteiger partial charge in [0.1, 0.15) is 6.29 Å². The number of carbonyl (C=O) groups excluding carboxylic acids is 2. The molecule has 0 aliphatic heterocycles. The molecule has 0 saturated carbocycles. The molecule has 0 N–H and O–H groups in total. The van der Waals surface area contributed by atoms with Crippen LogP contribution in [-0.4, -0.2) is 24.1 Å². The van der Waals surface area contributed by atoms with Gasteiger partial charge < -0.3 is 9.69 Å². The van der Waals surface area contributed by atoms with Gasteiger partial charge in [0.15, 0.2) is 0 Å². The molecule has 0 radical (unpaired) electrons. The number of nitrogens with zero attached hydrogens (tertiary/aromatic N) is 1. The highest BCUT2D eigenvalue weighted by Crippen LogP contribution is 2.29. The summed E-state index contributed by atoms with van der Waals surface area (Å²) in [5.41, 5.74) is 1.72. The van der Waals surface area contributed by atoms with E-state index < -0.39 is 5.92 Å². The summed E-state index contributed by atoms with van der Waals surface area (Å²) in [6.45, 7) is 0.482. The number of halogens is 2. The molecule has 2 aromatic rings. The van der Waals surface area contributed by atoms with Crippen LogP contribution in [-0.2, 0) is 16.1 Å². The molecule has 1 amide bonds. The number of benzene rings is 2. The zero-order valence-electron chi connectivity index (χ0n) is 12.7. The van der Waals surface area contributed by atoms with Crippen LogP contribution >= 0.6 is 23.2 Å². The summed E-state index contributed by atoms with van der Waals surface area (Å²) in [7, 11) is 1.73. The zero-order chi connectivity index (χ0) is 16.8. The van der Waals surface area contributed by atoms with Crippen LogP contribution in [0.1, 0.15) is 23.5 Å². The van der Waals surface area contributed by atoms with Crippen molar-refractivity contribution in [1.29, 1.82) is 0 Å². The summed E-state index contributed by atoms with van der Waals surface area (Å²) in [6, 6.07) is 14.7. The number of rotatable bonds is 6. The molecule has 0 spiro atoms. The van der Waals surface area contributed by atoms with Gasteiger partial charge >= 0.3 is 0 Å². The molecule has 23 heavy (non-hydrogen) atoms. The summed E-state index contributed by atoms with van der Waals surface area (Å²) in [5, 5.41) is 0.795. The van der Waals surface area contributed by atoms with Crippen LogP contribution in [0.15, 0.2) is 48.5 Å². The van der Waals surface area contributed by atoms with Crippen molar-refractivity contribution < 1.29 is 9.59 Å². The van der Waals surface area contributed by atoms with Crippen LogP contribution in [0.5, 0.6) is 0 Å². The van der Waals surface area contributed by atoms with Gasteiger partial charge in [-0.05, 0) is 23.3 Å². The number of hydrogen-bond acceptors (Lipinski definition) is 2. The fourth-order valence-electron chi connectivity index (χ4n) is 2.41. The van der Waals surface area contributed by atoms with Crippen LogP contribution in [0.4, 0.5) is 0 Å². The number of aldehydes is 1. The Hall–Kier alpha value is -1.84. The van der Waals surface area contributed by atoms with Gasteiger partial charge in [0.2, 0.25) is 5.91 Å². The lowest BCUT2D eigenvalue weighted by molar-refractivity contribution is -0.133. The molecule has 2 aromatic carbocycles. The molecule has 0 aliphatic carbocycles. The molecule has 5 heteroatoms. The molecule has 0 heterocycles. The SMILES string of the molecule is CN(Cc1ccccc1)C(=O)C(CC=O)c1ccc(Cl)c(Cl)c1. The Labute approximate surface area is 145 Å². The fourth-order valence-corrected chi connectivity index (χ4v) is 2.71. The number of carbonyl (C=O) groups is 2. The second-order valence-electron chi connectivity index (χ2n) is 5.31. The van der Waals surface area contributed by atoms with Crippen LogP contribution < -0.4 is 0 Å². The van der Waals surface area contributed by atoms with Crippen LogP contribution in [0, 0.1) is 0 Å². The van der Waals surface area contributed by atoms with E-state index in [-0.39, 0.29) is 12.3 Å². The molecule has 2 rings (SSSR count). The van der Waals surface area contributed by atoms with Crippen LogP contribution in [0.25, 0.3) is 0 Å². The van der Waals surface area contributed by atoms with Gasteiger partial charge in [0.05, 0.1) is 16.0 Å². The van der Waals surface area contributed by atoms with Gasteiger partial charge in [0, 0.05) is 20.0 Å². The van der Waals surface area contributed by atoms with E-state index in [1.807, 2.05) is 30.3 Å². The first-order chi connectivity index (χ1) is 11.0. The quantitative estimate of drug-likeness (QED) is 0.728. The lowest BCUT2D eigenvalue weighted by atomic mass is 9.94. The third-order valence-corrected chi connectivity index (χ3v) is 4.35. The second kappa shape index (κ2) is 8.14. The van der Waals surface area contributed by atoms with Gasteiger partial charge in [-0.2, -0.15) is 0 Å². The first-order valence-corrected chi connectivity index (χ1v) is 7.96. The molecule has 3 nitrogen and oxygen atoms in total. The van der Waals surface area contributed by atoms with Gasteiger partial charge in [-0.15, -0.1) is 0 Å². The van der Waals surface area contributed by atoms with E-state index in [0.29, 0.717) is 22.2 Å². The van der Waals surface area contributed by atoms with Crippen molar-refractivity contribution >= 4 is 35.4 Å². The van der Waals surface area contributed by atoms with E-state index in [4.69, 9.17) is 23.2 Å². The lowest BCUT2D eigenvalue weighted by Crippen LogP contribution is -2.31. The molecule has 120 valence electrons. The maximum atomic E-state index is 12.7. The smallest absolute Gasteiger partial charge is 0.230 e. The highest BCUT2D eigenvalue weighted by molar-refractivity contribution is 6.42. The minimum absolute atomic E-state index is 0.107. The predicted molar refractivity (Wildman–Crippen MR) is 92.8 cm³/mol. The maximum Gasteiger partial charge on any atom is 0.230 e. The van der Waals surface area contributed by atoms with Gasteiger partial charge in [-0.3, -0.25) is 4.79 Å². The largest absolute Gasteiger partial charge is 0.341 e. The van der Waals surface area contributed by atoms with Crippen molar-refractivity contribution in [3.05, 3.63) is 69.7 Å². The Bertz CT molecular complexity index is 689. The normalized spacial score (nSPS) is 11.8. The van der Waals surface area contributed by atoms with Crippen molar-refractivity contribution in [1.82, 2.24) is 4.90 Å². The predicted octanol–water partition coefficient (Wildman–Crippen LogP) is 4.32. The monoisotopic (exact) mass is 349 g/mol. The van der Waals surface area contributed by atoms with E-state index >= 15 is 0 Å². The minimum Gasteiger partial charge on any atom is -0.341 e. The topological polar surface area (TPSA) is 37.4 Å². The highest BCUT2D eigenvalue weighted by Gasteiger charge is 2.24. The Balaban J connectivity index is 2.20. The van der Waals surface area contributed by atoms with E-state index in [1.165, 1.54) is 0 Å². The van der Waals surface area contributed by atoms with Crippen molar-refractivity contribution in [3.8, 4) is 0 Å². The second-order valence-corrected chi connectivity index (χ2v) is 6.12. The summed E-state index contributed by atoms with van der Waals surface area (Å²) >= 11 is 11.9. The molecule has 0 aliphatic rings. The van der Waals surface area contributed by atoms with E-state index in [2.05, 4.69) is 0 Å². The van der Waals surface area contributed by atoms with E-state index in [9.17, 15) is 9.59 Å².